The third kappa shape index (κ3) is 2.51. The minimum Gasteiger partial charge on any atom is -0.388 e. The Bertz CT molecular complexity index is 483. The molecule has 1 unspecified atom stereocenters. The Hall–Kier alpha value is -0.710. The molecule has 0 saturated heterocycles. The Labute approximate surface area is 107 Å². The van der Waals surface area contributed by atoms with Gasteiger partial charge in [0.2, 0.25) is 0 Å². The molecular formula is C12H12BrNOS. The lowest BCUT2D eigenvalue weighted by atomic mass is 10.0. The Morgan fingerprint density at radius 1 is 1.50 bits per heavy atom. The number of rotatable bonds is 3. The van der Waals surface area contributed by atoms with Crippen molar-refractivity contribution < 1.29 is 5.11 Å². The van der Waals surface area contributed by atoms with Crippen molar-refractivity contribution in [3.8, 4) is 0 Å². The number of halogens is 1. The van der Waals surface area contributed by atoms with Crippen molar-refractivity contribution in [2.75, 3.05) is 0 Å². The summed E-state index contributed by atoms with van der Waals surface area (Å²) in [5, 5.41) is 12.2. The molecule has 0 aliphatic rings. The van der Waals surface area contributed by atoms with Gasteiger partial charge >= 0.3 is 0 Å². The van der Waals surface area contributed by atoms with E-state index in [1.54, 1.807) is 17.5 Å². The molecule has 1 atom stereocenters. The predicted molar refractivity (Wildman–Crippen MR) is 69.7 cm³/mol. The minimum atomic E-state index is -0.483. The Balaban J connectivity index is 2.18. The number of nitrogens with zero attached hydrogens (tertiary/aromatic N) is 1. The highest BCUT2D eigenvalue weighted by molar-refractivity contribution is 9.10. The summed E-state index contributed by atoms with van der Waals surface area (Å²) in [6.45, 7) is 1.92. The molecule has 0 radical (unpaired) electrons. The maximum absolute atomic E-state index is 10.1. The largest absolute Gasteiger partial charge is 0.388 e. The van der Waals surface area contributed by atoms with Gasteiger partial charge in [-0.3, -0.25) is 4.98 Å². The molecule has 16 heavy (non-hydrogen) atoms. The SMILES string of the molecule is Cc1ncccc1C(O)Cc1sccc1Br. The number of aliphatic hydroxyl groups is 1. The van der Waals surface area contributed by atoms with Crippen molar-refractivity contribution in [1.82, 2.24) is 4.98 Å². The van der Waals surface area contributed by atoms with Crippen LogP contribution in [0.15, 0.2) is 34.2 Å². The Morgan fingerprint density at radius 3 is 2.94 bits per heavy atom. The van der Waals surface area contributed by atoms with Crippen LogP contribution >= 0.6 is 27.3 Å². The van der Waals surface area contributed by atoms with Crippen LogP contribution in [0.4, 0.5) is 0 Å². The molecule has 1 N–H and O–H groups in total. The van der Waals surface area contributed by atoms with Crippen molar-refractivity contribution >= 4 is 27.3 Å². The lowest BCUT2D eigenvalue weighted by Crippen LogP contribution is -2.04. The van der Waals surface area contributed by atoms with E-state index in [1.807, 2.05) is 30.5 Å². The highest BCUT2D eigenvalue weighted by Gasteiger charge is 2.13. The highest BCUT2D eigenvalue weighted by Crippen LogP contribution is 2.28. The van der Waals surface area contributed by atoms with Crippen LogP contribution in [0, 0.1) is 6.92 Å². The summed E-state index contributed by atoms with van der Waals surface area (Å²) in [5.41, 5.74) is 1.80. The van der Waals surface area contributed by atoms with Crippen LogP contribution in [-0.4, -0.2) is 10.1 Å². The van der Waals surface area contributed by atoms with Crippen LogP contribution in [0.2, 0.25) is 0 Å². The standard InChI is InChI=1S/C12H12BrNOS/c1-8-9(3-2-5-14-8)11(15)7-12-10(13)4-6-16-12/h2-6,11,15H,7H2,1H3. The molecule has 2 nitrogen and oxygen atoms in total. The Kier molecular flexibility index (Phi) is 3.74. The van der Waals surface area contributed by atoms with Gasteiger partial charge in [0, 0.05) is 33.2 Å². The lowest BCUT2D eigenvalue weighted by molar-refractivity contribution is 0.178. The van der Waals surface area contributed by atoms with Gasteiger partial charge in [-0.25, -0.2) is 0 Å². The van der Waals surface area contributed by atoms with Gasteiger partial charge in [-0.15, -0.1) is 11.3 Å². The van der Waals surface area contributed by atoms with Crippen molar-refractivity contribution in [3.63, 3.8) is 0 Å². The zero-order valence-corrected chi connectivity index (χ0v) is 11.3. The quantitative estimate of drug-likeness (QED) is 0.941. The number of aryl methyl sites for hydroxylation is 1. The van der Waals surface area contributed by atoms with Gasteiger partial charge in [0.1, 0.15) is 0 Å². The molecular weight excluding hydrogens is 286 g/mol. The van der Waals surface area contributed by atoms with Gasteiger partial charge in [0.25, 0.3) is 0 Å². The van der Waals surface area contributed by atoms with Crippen LogP contribution in [0.25, 0.3) is 0 Å². The summed E-state index contributed by atoms with van der Waals surface area (Å²) in [7, 11) is 0. The van der Waals surface area contributed by atoms with Crippen molar-refractivity contribution in [2.24, 2.45) is 0 Å². The molecule has 0 fully saturated rings. The second kappa shape index (κ2) is 5.08. The first-order valence-electron chi connectivity index (χ1n) is 5.00. The molecule has 2 aromatic heterocycles. The molecule has 0 saturated carbocycles. The fourth-order valence-corrected chi connectivity index (χ4v) is 3.16. The number of pyridine rings is 1. The fraction of sp³-hybridized carbons (Fsp3) is 0.250. The van der Waals surface area contributed by atoms with E-state index < -0.39 is 6.10 Å². The normalized spacial score (nSPS) is 12.7. The Morgan fingerprint density at radius 2 is 2.31 bits per heavy atom. The summed E-state index contributed by atoms with van der Waals surface area (Å²) in [6.07, 6.45) is 1.89. The maximum atomic E-state index is 10.1. The van der Waals surface area contributed by atoms with Gasteiger partial charge in [0.15, 0.2) is 0 Å². The van der Waals surface area contributed by atoms with E-state index in [0.717, 1.165) is 20.6 Å². The van der Waals surface area contributed by atoms with Gasteiger partial charge in [-0.1, -0.05) is 6.07 Å². The van der Waals surface area contributed by atoms with Gasteiger partial charge < -0.3 is 5.11 Å². The molecule has 4 heteroatoms. The minimum absolute atomic E-state index is 0.483. The summed E-state index contributed by atoms with van der Waals surface area (Å²) >= 11 is 5.12. The average Bonchev–Trinajstić information content (AvgIpc) is 2.65. The topological polar surface area (TPSA) is 33.1 Å². The second-order valence-corrected chi connectivity index (χ2v) is 5.44. The van der Waals surface area contributed by atoms with Crippen LogP contribution in [0.5, 0.6) is 0 Å². The van der Waals surface area contributed by atoms with E-state index in [2.05, 4.69) is 20.9 Å². The molecule has 0 aliphatic heterocycles. The number of hydrogen-bond acceptors (Lipinski definition) is 3. The van der Waals surface area contributed by atoms with Crippen LogP contribution < -0.4 is 0 Å². The molecule has 2 aromatic rings. The van der Waals surface area contributed by atoms with E-state index >= 15 is 0 Å². The van der Waals surface area contributed by atoms with Crippen LogP contribution in [0.1, 0.15) is 22.2 Å². The van der Waals surface area contributed by atoms with Gasteiger partial charge in [0.05, 0.1) is 6.10 Å². The summed E-state index contributed by atoms with van der Waals surface area (Å²) < 4.78 is 1.07. The molecule has 0 spiro atoms. The highest BCUT2D eigenvalue weighted by atomic mass is 79.9. The zero-order chi connectivity index (χ0) is 11.5. The smallest absolute Gasteiger partial charge is 0.0856 e. The first-order valence-corrected chi connectivity index (χ1v) is 6.67. The molecule has 2 heterocycles. The van der Waals surface area contributed by atoms with E-state index in [4.69, 9.17) is 0 Å². The van der Waals surface area contributed by atoms with E-state index in [1.165, 1.54) is 0 Å². The molecule has 0 amide bonds. The van der Waals surface area contributed by atoms with E-state index in [-0.39, 0.29) is 0 Å². The van der Waals surface area contributed by atoms with Gasteiger partial charge in [-0.05, 0) is 40.4 Å². The fourth-order valence-electron chi connectivity index (χ4n) is 1.61. The van der Waals surface area contributed by atoms with E-state index in [0.29, 0.717) is 6.42 Å². The number of thiophene rings is 1. The van der Waals surface area contributed by atoms with E-state index in [9.17, 15) is 5.11 Å². The van der Waals surface area contributed by atoms with Crippen molar-refractivity contribution in [1.29, 1.82) is 0 Å². The van der Waals surface area contributed by atoms with Crippen molar-refractivity contribution in [3.05, 3.63) is 50.4 Å². The zero-order valence-electron chi connectivity index (χ0n) is 8.85. The lowest BCUT2D eigenvalue weighted by Gasteiger charge is -2.12. The maximum Gasteiger partial charge on any atom is 0.0856 e. The molecule has 0 aliphatic carbocycles. The number of hydrogen-bond donors (Lipinski definition) is 1. The third-order valence-corrected chi connectivity index (χ3v) is 4.43. The summed E-state index contributed by atoms with van der Waals surface area (Å²) in [6, 6.07) is 5.78. The number of aliphatic hydroxyl groups excluding tert-OH is 1. The monoisotopic (exact) mass is 297 g/mol. The van der Waals surface area contributed by atoms with Crippen LogP contribution in [-0.2, 0) is 6.42 Å². The predicted octanol–water partition coefficient (Wildman–Crippen LogP) is 3.49. The first-order chi connectivity index (χ1) is 7.68. The second-order valence-electron chi connectivity index (χ2n) is 3.59. The van der Waals surface area contributed by atoms with Crippen molar-refractivity contribution in [2.45, 2.75) is 19.4 Å². The van der Waals surface area contributed by atoms with Crippen LogP contribution in [0.3, 0.4) is 0 Å². The molecule has 2 rings (SSSR count). The first kappa shape index (κ1) is 11.8. The number of aromatic nitrogens is 1. The van der Waals surface area contributed by atoms with Gasteiger partial charge in [-0.2, -0.15) is 0 Å². The molecule has 0 aromatic carbocycles. The molecule has 84 valence electrons. The third-order valence-electron chi connectivity index (χ3n) is 2.48. The summed E-state index contributed by atoms with van der Waals surface area (Å²) in [4.78, 5) is 5.35. The average molecular weight is 298 g/mol. The molecule has 0 bridgehead atoms. The summed E-state index contributed by atoms with van der Waals surface area (Å²) in [5.74, 6) is 0.